The minimum atomic E-state index is -0.715. The molecule has 0 aliphatic carbocycles. The second-order valence-corrected chi connectivity index (χ2v) is 8.32. The first kappa shape index (κ1) is 20.8. The average molecular weight is 396 g/mol. The van der Waals surface area contributed by atoms with Crippen molar-refractivity contribution in [1.82, 2.24) is 20.4 Å². The van der Waals surface area contributed by atoms with Gasteiger partial charge in [0.05, 0.1) is 6.20 Å². The van der Waals surface area contributed by atoms with Gasteiger partial charge in [-0.25, -0.2) is 4.79 Å². The smallest absolute Gasteiger partial charge is 0.408 e. The molecule has 2 amide bonds. The number of aromatic nitrogens is 2. The molecule has 1 aliphatic rings. The van der Waals surface area contributed by atoms with Crippen molar-refractivity contribution in [2.24, 2.45) is 0 Å². The van der Waals surface area contributed by atoms with Crippen molar-refractivity contribution in [2.75, 3.05) is 6.54 Å². The molecule has 3 rings (SSSR count). The quantitative estimate of drug-likeness (QED) is 0.812. The molecule has 2 aromatic rings. The van der Waals surface area contributed by atoms with Crippen LogP contribution in [0.1, 0.15) is 38.3 Å². The van der Waals surface area contributed by atoms with E-state index in [0.717, 1.165) is 18.4 Å². The molecule has 7 nitrogen and oxygen atoms in total. The fraction of sp³-hybridized carbons (Fsp3) is 0.455. The van der Waals surface area contributed by atoms with Gasteiger partial charge in [0.1, 0.15) is 11.6 Å². The van der Waals surface area contributed by atoms with Gasteiger partial charge in [-0.2, -0.15) is 10.2 Å². The number of nitrogens with one attached hydrogen (secondary N) is 1. The highest BCUT2D eigenvalue weighted by atomic mass is 16.6. The topological polar surface area (TPSA) is 84.4 Å². The number of benzene rings is 1. The first-order chi connectivity index (χ1) is 13.8. The molecule has 154 valence electrons. The highest BCUT2D eigenvalue weighted by Gasteiger charge is 2.37. The van der Waals surface area contributed by atoms with E-state index in [2.05, 4.69) is 27.6 Å². The maximum Gasteiger partial charge on any atom is 0.408 e. The number of hydrogen-bond acceptors (Lipinski definition) is 5. The largest absolute Gasteiger partial charge is 0.444 e. The van der Waals surface area contributed by atoms with E-state index in [-0.39, 0.29) is 11.9 Å². The van der Waals surface area contributed by atoms with Crippen LogP contribution in [-0.4, -0.2) is 51.3 Å². The molecule has 0 saturated carbocycles. The van der Waals surface area contributed by atoms with Gasteiger partial charge in [0.25, 0.3) is 0 Å². The molecule has 1 aromatic heterocycles. The Bertz CT molecular complexity index is 821. The van der Waals surface area contributed by atoms with E-state index >= 15 is 0 Å². The second-order valence-electron chi connectivity index (χ2n) is 8.32. The summed E-state index contributed by atoms with van der Waals surface area (Å²) in [5.41, 5.74) is 1.39. The van der Waals surface area contributed by atoms with Crippen molar-refractivity contribution in [3.05, 3.63) is 59.9 Å². The number of alkyl carbamates (subject to hydrolysis) is 1. The zero-order valence-electron chi connectivity index (χ0n) is 17.2. The normalized spacial score (nSPS) is 17.2. The van der Waals surface area contributed by atoms with Crippen molar-refractivity contribution in [1.29, 1.82) is 0 Å². The van der Waals surface area contributed by atoms with Gasteiger partial charge in [-0.1, -0.05) is 30.3 Å². The van der Waals surface area contributed by atoms with Gasteiger partial charge in [-0.3, -0.25) is 4.79 Å². The van der Waals surface area contributed by atoms with Gasteiger partial charge in [-0.05, 0) is 50.8 Å². The summed E-state index contributed by atoms with van der Waals surface area (Å²) in [5.74, 6) is -0.0974. The minimum Gasteiger partial charge on any atom is -0.444 e. The second kappa shape index (κ2) is 9.03. The van der Waals surface area contributed by atoms with Crippen LogP contribution in [0.2, 0.25) is 0 Å². The lowest BCUT2D eigenvalue weighted by molar-refractivity contribution is -0.141. The number of ether oxygens (including phenoxy) is 1. The van der Waals surface area contributed by atoms with Crippen LogP contribution in [0.4, 0.5) is 4.79 Å². The Labute approximate surface area is 171 Å². The third-order valence-corrected chi connectivity index (χ3v) is 4.82. The Hall–Kier alpha value is -2.96. The van der Waals surface area contributed by atoms with E-state index in [0.29, 0.717) is 13.0 Å². The Morgan fingerprint density at radius 1 is 1.17 bits per heavy atom. The Morgan fingerprint density at radius 2 is 1.93 bits per heavy atom. The summed E-state index contributed by atoms with van der Waals surface area (Å²) in [6.45, 7) is 6.07. The number of rotatable bonds is 6. The molecule has 2 atom stereocenters. The molecule has 2 heterocycles. The number of carbonyl (C=O) groups is 2. The molecule has 0 spiro atoms. The van der Waals surface area contributed by atoms with Crippen molar-refractivity contribution in [3.8, 4) is 0 Å². The fourth-order valence-corrected chi connectivity index (χ4v) is 3.35. The predicted octanol–water partition coefficient (Wildman–Crippen LogP) is 2.76. The lowest BCUT2D eigenvalue weighted by atomic mass is 9.93. The van der Waals surface area contributed by atoms with Crippen LogP contribution < -0.4 is 5.32 Å². The van der Waals surface area contributed by atoms with Gasteiger partial charge in [-0.15, -0.1) is 0 Å². The summed E-state index contributed by atoms with van der Waals surface area (Å²) in [7, 11) is 0. The van der Waals surface area contributed by atoms with Gasteiger partial charge >= 0.3 is 6.09 Å². The van der Waals surface area contributed by atoms with Crippen LogP contribution in [0.3, 0.4) is 0 Å². The standard InChI is InChI=1S/C22H28N4O3/c1-22(2,3)29-21(28)25-19(14-17-9-11-23-24-15-17)20(27)26-12-10-18(26)13-16-7-5-4-6-8-16/h4-9,11,15,18-19H,10,12-14H2,1-3H3,(H,25,28). The molecule has 0 radical (unpaired) electrons. The van der Waals surface area contributed by atoms with E-state index in [4.69, 9.17) is 4.74 Å². The van der Waals surface area contributed by atoms with Gasteiger partial charge < -0.3 is 15.0 Å². The van der Waals surface area contributed by atoms with Crippen LogP contribution in [0, 0.1) is 0 Å². The molecule has 1 aromatic carbocycles. The first-order valence-electron chi connectivity index (χ1n) is 9.91. The zero-order chi connectivity index (χ0) is 20.9. The van der Waals surface area contributed by atoms with Crippen molar-refractivity contribution in [2.45, 2.75) is 57.7 Å². The third-order valence-electron chi connectivity index (χ3n) is 4.82. The maximum absolute atomic E-state index is 13.3. The zero-order valence-corrected chi connectivity index (χ0v) is 17.2. The molecule has 7 heteroatoms. The number of carbonyl (C=O) groups excluding carboxylic acids is 2. The molecular formula is C22H28N4O3. The summed E-state index contributed by atoms with van der Waals surface area (Å²) >= 11 is 0. The first-order valence-corrected chi connectivity index (χ1v) is 9.91. The van der Waals surface area contributed by atoms with Crippen LogP contribution >= 0.6 is 0 Å². The number of amides is 2. The minimum absolute atomic E-state index is 0.0974. The lowest BCUT2D eigenvalue weighted by Gasteiger charge is -2.43. The van der Waals surface area contributed by atoms with Gasteiger partial charge in [0.2, 0.25) is 5.91 Å². The van der Waals surface area contributed by atoms with Gasteiger partial charge in [0.15, 0.2) is 0 Å². The summed E-state index contributed by atoms with van der Waals surface area (Å²) in [6, 6.07) is 11.3. The molecule has 29 heavy (non-hydrogen) atoms. The van der Waals surface area contributed by atoms with Crippen LogP contribution in [0.25, 0.3) is 0 Å². The average Bonchev–Trinajstić information content (AvgIpc) is 2.65. The monoisotopic (exact) mass is 396 g/mol. The number of likely N-dealkylation sites (tertiary alicyclic amines) is 1. The van der Waals surface area contributed by atoms with Crippen molar-refractivity contribution in [3.63, 3.8) is 0 Å². The number of nitrogens with zero attached hydrogens (tertiary/aromatic N) is 3. The Kier molecular flexibility index (Phi) is 6.46. The Balaban J connectivity index is 1.70. The molecule has 1 N–H and O–H groups in total. The lowest BCUT2D eigenvalue weighted by Crippen LogP contribution is -2.59. The van der Waals surface area contributed by atoms with E-state index in [1.807, 2.05) is 23.1 Å². The van der Waals surface area contributed by atoms with Crippen LogP contribution in [-0.2, 0) is 22.4 Å². The highest BCUT2D eigenvalue weighted by molar-refractivity contribution is 5.87. The van der Waals surface area contributed by atoms with Gasteiger partial charge in [0, 0.05) is 25.2 Å². The Morgan fingerprint density at radius 3 is 2.52 bits per heavy atom. The van der Waals surface area contributed by atoms with E-state index < -0.39 is 17.7 Å². The molecular weight excluding hydrogens is 368 g/mol. The van der Waals surface area contributed by atoms with Crippen molar-refractivity contribution < 1.29 is 14.3 Å². The maximum atomic E-state index is 13.3. The summed E-state index contributed by atoms with van der Waals surface area (Å²) in [6.07, 6.45) is 4.68. The third kappa shape index (κ3) is 6.01. The predicted molar refractivity (Wildman–Crippen MR) is 109 cm³/mol. The van der Waals surface area contributed by atoms with Crippen molar-refractivity contribution >= 4 is 12.0 Å². The van der Waals surface area contributed by atoms with E-state index in [1.54, 1.807) is 39.2 Å². The van der Waals surface area contributed by atoms with Crippen LogP contribution in [0.15, 0.2) is 48.8 Å². The number of hydrogen-bond donors (Lipinski definition) is 1. The van der Waals surface area contributed by atoms with Crippen LogP contribution in [0.5, 0.6) is 0 Å². The fourth-order valence-electron chi connectivity index (χ4n) is 3.35. The molecule has 2 unspecified atom stereocenters. The summed E-state index contributed by atoms with van der Waals surface area (Å²) < 4.78 is 5.36. The molecule has 1 saturated heterocycles. The highest BCUT2D eigenvalue weighted by Crippen LogP contribution is 2.23. The molecule has 1 fully saturated rings. The van der Waals surface area contributed by atoms with E-state index in [1.165, 1.54) is 5.56 Å². The summed E-state index contributed by atoms with van der Waals surface area (Å²) in [5, 5.41) is 10.4. The SMILES string of the molecule is CC(C)(C)OC(=O)NC(Cc1ccnnc1)C(=O)N1CCC1Cc1ccccc1. The van der Waals surface area contributed by atoms with E-state index in [9.17, 15) is 9.59 Å². The molecule has 1 aliphatic heterocycles. The summed E-state index contributed by atoms with van der Waals surface area (Å²) in [4.78, 5) is 27.4. The molecule has 0 bridgehead atoms.